The molecule has 0 spiro atoms. The molecule has 1 aromatic carbocycles. The molecule has 0 aliphatic carbocycles. The molecule has 0 saturated heterocycles. The average Bonchev–Trinajstić information content (AvgIpc) is 3.51. The van der Waals surface area contributed by atoms with Crippen molar-refractivity contribution in [3.05, 3.63) is 76.4 Å². The summed E-state index contributed by atoms with van der Waals surface area (Å²) in [6, 6.07) is 13.9. The summed E-state index contributed by atoms with van der Waals surface area (Å²) in [6.07, 6.45) is 3.38. The largest absolute Gasteiger partial charge is 0.467 e. The zero-order valence-corrected chi connectivity index (χ0v) is 18.8. The molecule has 2 atom stereocenters. The number of nitrogens with one attached hydrogen (secondary N) is 1. The van der Waals surface area contributed by atoms with E-state index < -0.39 is 9.84 Å². The van der Waals surface area contributed by atoms with E-state index in [1.807, 2.05) is 36.6 Å². The van der Waals surface area contributed by atoms with Crippen molar-refractivity contribution in [2.24, 2.45) is 5.10 Å². The van der Waals surface area contributed by atoms with Gasteiger partial charge in [0.1, 0.15) is 11.8 Å². The van der Waals surface area contributed by atoms with Crippen LogP contribution >= 0.6 is 11.3 Å². The smallest absolute Gasteiger partial charge is 0.257 e. The van der Waals surface area contributed by atoms with Crippen molar-refractivity contribution in [1.82, 2.24) is 10.3 Å². The van der Waals surface area contributed by atoms with E-state index in [-0.39, 0.29) is 29.4 Å². The van der Waals surface area contributed by atoms with Crippen LogP contribution in [0, 0.1) is 0 Å². The first-order valence-electron chi connectivity index (χ1n) is 9.83. The quantitative estimate of drug-likeness (QED) is 0.583. The lowest BCUT2D eigenvalue weighted by Crippen LogP contribution is -2.36. The summed E-state index contributed by atoms with van der Waals surface area (Å²) >= 11 is 1.59. The Balaban J connectivity index is 1.45. The monoisotopic (exact) mass is 457 g/mol. The van der Waals surface area contributed by atoms with Gasteiger partial charge in [-0.2, -0.15) is 5.10 Å². The van der Waals surface area contributed by atoms with Gasteiger partial charge in [-0.25, -0.2) is 13.4 Å². The van der Waals surface area contributed by atoms with E-state index in [1.54, 1.807) is 41.9 Å². The Bertz CT molecular complexity index is 1170. The number of nitrogens with zero attached hydrogens (tertiary/aromatic N) is 2. The molecule has 3 aromatic rings. The molecule has 1 aliphatic rings. The number of rotatable bonds is 7. The summed E-state index contributed by atoms with van der Waals surface area (Å²) in [6.45, 7) is 2.02. The number of hydrazone groups is 1. The van der Waals surface area contributed by atoms with Crippen LogP contribution in [0.3, 0.4) is 0 Å². The summed E-state index contributed by atoms with van der Waals surface area (Å²) in [5, 5.41) is 11.3. The topological polar surface area (TPSA) is 92.0 Å². The zero-order chi connectivity index (χ0) is 22.0. The molecule has 1 N–H and O–H groups in total. The van der Waals surface area contributed by atoms with Gasteiger partial charge < -0.3 is 9.73 Å². The van der Waals surface area contributed by atoms with Gasteiger partial charge in [0, 0.05) is 18.7 Å². The van der Waals surface area contributed by atoms with E-state index in [1.165, 1.54) is 11.3 Å². The van der Waals surface area contributed by atoms with Crippen molar-refractivity contribution < 1.29 is 17.6 Å². The van der Waals surface area contributed by atoms with Crippen molar-refractivity contribution in [2.45, 2.75) is 30.3 Å². The fraction of sp³-hybridized carbons (Fsp3) is 0.273. The minimum absolute atomic E-state index is 0.0907. The minimum atomic E-state index is -3.24. The van der Waals surface area contributed by atoms with Gasteiger partial charge in [-0.05, 0) is 48.2 Å². The third-order valence-corrected chi connectivity index (χ3v) is 7.26. The molecule has 9 heteroatoms. The van der Waals surface area contributed by atoms with Crippen LogP contribution in [-0.2, 0) is 14.6 Å². The van der Waals surface area contributed by atoms with E-state index in [9.17, 15) is 13.2 Å². The molecule has 162 valence electrons. The fourth-order valence-corrected chi connectivity index (χ4v) is 4.83. The molecule has 4 rings (SSSR count). The lowest BCUT2D eigenvalue weighted by atomic mass is 10.1. The second kappa shape index (κ2) is 8.78. The third kappa shape index (κ3) is 4.79. The summed E-state index contributed by atoms with van der Waals surface area (Å²) in [5.41, 5.74) is 1.76. The summed E-state index contributed by atoms with van der Waals surface area (Å²) in [4.78, 5) is 14.3. The first-order valence-corrected chi connectivity index (χ1v) is 12.6. The van der Waals surface area contributed by atoms with Gasteiger partial charge >= 0.3 is 0 Å². The van der Waals surface area contributed by atoms with Crippen molar-refractivity contribution in [3.8, 4) is 0 Å². The molecule has 7 nitrogen and oxygen atoms in total. The molecule has 0 radical (unpaired) electrons. The first-order chi connectivity index (χ1) is 14.8. The van der Waals surface area contributed by atoms with Gasteiger partial charge in [-0.1, -0.05) is 18.2 Å². The second-order valence-corrected chi connectivity index (χ2v) is 10.4. The molecular weight excluding hydrogens is 434 g/mol. The molecule has 1 amide bonds. The normalized spacial score (nSPS) is 17.5. The highest BCUT2D eigenvalue weighted by molar-refractivity contribution is 7.90. The Hall–Kier alpha value is -2.75. The number of carbonyl (C=O) groups is 1. The predicted octanol–water partition coefficient (Wildman–Crippen LogP) is 3.77. The molecule has 0 saturated carbocycles. The number of furan rings is 1. The molecular formula is C22H23N3O4S2. The lowest BCUT2D eigenvalue weighted by molar-refractivity contribution is -0.132. The van der Waals surface area contributed by atoms with Crippen molar-refractivity contribution in [2.75, 3.05) is 12.8 Å². The maximum atomic E-state index is 13.0. The van der Waals surface area contributed by atoms with Crippen LogP contribution in [0.1, 0.15) is 41.6 Å². The van der Waals surface area contributed by atoms with E-state index in [0.29, 0.717) is 12.2 Å². The highest BCUT2D eigenvalue weighted by Crippen LogP contribution is 2.34. The zero-order valence-electron chi connectivity index (χ0n) is 17.2. The van der Waals surface area contributed by atoms with Crippen LogP contribution in [0.15, 0.2) is 74.6 Å². The second-order valence-electron chi connectivity index (χ2n) is 7.44. The van der Waals surface area contributed by atoms with Crippen LogP contribution in [-0.4, -0.2) is 37.8 Å². The number of benzene rings is 1. The van der Waals surface area contributed by atoms with Gasteiger partial charge in [0.15, 0.2) is 9.84 Å². The number of hydrogen-bond donors (Lipinski definition) is 1. The Morgan fingerprint density at radius 2 is 2.03 bits per heavy atom. The molecule has 1 aliphatic heterocycles. The Morgan fingerprint density at radius 1 is 1.26 bits per heavy atom. The van der Waals surface area contributed by atoms with Gasteiger partial charge in [-0.15, -0.1) is 11.3 Å². The summed E-state index contributed by atoms with van der Waals surface area (Å²) < 4.78 is 28.8. The van der Waals surface area contributed by atoms with E-state index >= 15 is 0 Å². The van der Waals surface area contributed by atoms with E-state index in [4.69, 9.17) is 4.42 Å². The number of hydrogen-bond acceptors (Lipinski definition) is 7. The van der Waals surface area contributed by atoms with Crippen LogP contribution in [0.25, 0.3) is 0 Å². The fourth-order valence-electron chi connectivity index (χ4n) is 3.48. The Labute approximate surface area is 185 Å². The Kier molecular flexibility index (Phi) is 6.08. The number of sulfone groups is 1. The summed E-state index contributed by atoms with van der Waals surface area (Å²) in [5.74, 6) is 0.542. The molecule has 3 heterocycles. The highest BCUT2D eigenvalue weighted by Gasteiger charge is 2.35. The number of thiophene rings is 1. The maximum absolute atomic E-state index is 13.0. The maximum Gasteiger partial charge on any atom is 0.257 e. The van der Waals surface area contributed by atoms with Crippen LogP contribution < -0.4 is 5.32 Å². The molecule has 0 bridgehead atoms. The first kappa shape index (κ1) is 21.5. The van der Waals surface area contributed by atoms with Gasteiger partial charge in [0.25, 0.3) is 5.91 Å². The van der Waals surface area contributed by atoms with Crippen molar-refractivity contribution in [1.29, 1.82) is 0 Å². The summed E-state index contributed by atoms with van der Waals surface area (Å²) in [7, 11) is -3.24. The molecule has 2 aromatic heterocycles. The highest BCUT2D eigenvalue weighted by atomic mass is 32.2. The van der Waals surface area contributed by atoms with Gasteiger partial charge in [0.05, 0.1) is 28.3 Å². The van der Waals surface area contributed by atoms with Gasteiger partial charge in [-0.3, -0.25) is 4.79 Å². The van der Waals surface area contributed by atoms with Crippen LogP contribution in [0.4, 0.5) is 0 Å². The van der Waals surface area contributed by atoms with Crippen molar-refractivity contribution in [3.63, 3.8) is 0 Å². The standard InChI is InChI=1S/C22H23N3O4S2/c1-15(16-7-9-17(10-8-16)31(2,27)28)23-14-22(26)25-19(20-5-3-11-29-20)13-18(24-25)21-6-4-12-30-21/h3-12,15,19,23H,13-14H2,1-2H3/t15-,19-/m1/s1. The SMILES string of the molecule is C[C@@H](NCC(=O)N1N=C(c2cccs2)C[C@@H]1c1ccco1)c1ccc(S(C)(=O)=O)cc1. The van der Waals surface area contributed by atoms with Crippen molar-refractivity contribution >= 4 is 32.8 Å². The molecule has 0 fully saturated rings. The van der Waals surface area contributed by atoms with E-state index in [2.05, 4.69) is 10.4 Å². The minimum Gasteiger partial charge on any atom is -0.467 e. The number of carbonyl (C=O) groups excluding carboxylic acids is 1. The lowest BCUT2D eigenvalue weighted by Gasteiger charge is -2.21. The molecule has 31 heavy (non-hydrogen) atoms. The average molecular weight is 458 g/mol. The third-order valence-electron chi connectivity index (χ3n) is 5.21. The Morgan fingerprint density at radius 3 is 2.65 bits per heavy atom. The van der Waals surface area contributed by atoms with Crippen LogP contribution in [0.5, 0.6) is 0 Å². The van der Waals surface area contributed by atoms with Crippen LogP contribution in [0.2, 0.25) is 0 Å². The molecule has 0 unspecified atom stereocenters. The number of amides is 1. The predicted molar refractivity (Wildman–Crippen MR) is 120 cm³/mol. The van der Waals surface area contributed by atoms with E-state index in [0.717, 1.165) is 16.2 Å². The van der Waals surface area contributed by atoms with Gasteiger partial charge in [0.2, 0.25) is 0 Å².